The van der Waals surface area contributed by atoms with E-state index in [-0.39, 0.29) is 0 Å². The summed E-state index contributed by atoms with van der Waals surface area (Å²) in [5, 5.41) is 19.6. The highest BCUT2D eigenvalue weighted by atomic mass is 16.3. The molecule has 0 amide bonds. The third kappa shape index (κ3) is 3.62. The van der Waals surface area contributed by atoms with E-state index in [0.29, 0.717) is 12.8 Å². The van der Waals surface area contributed by atoms with Crippen molar-refractivity contribution >= 4 is 0 Å². The lowest BCUT2D eigenvalue weighted by Gasteiger charge is -2.18. The third-order valence-electron chi connectivity index (χ3n) is 2.96. The molecule has 0 fully saturated rings. The molecule has 0 aliphatic carbocycles. The zero-order chi connectivity index (χ0) is 12.1. The molecule has 2 N–H and O–H groups in total. The molecule has 1 rings (SSSR count). The lowest BCUT2D eigenvalue weighted by molar-refractivity contribution is 0.0147. The van der Waals surface area contributed by atoms with E-state index in [2.05, 4.69) is 18.2 Å². The van der Waals surface area contributed by atoms with E-state index in [1.165, 1.54) is 11.1 Å². The van der Waals surface area contributed by atoms with Gasteiger partial charge in [0.15, 0.2) is 0 Å². The second-order valence-electron chi connectivity index (χ2n) is 4.56. The Kier molecular flexibility index (Phi) is 4.97. The normalized spacial score (nSPS) is 14.8. The first-order valence-corrected chi connectivity index (χ1v) is 5.96. The molecule has 2 unspecified atom stereocenters. The monoisotopic (exact) mass is 222 g/mol. The van der Waals surface area contributed by atoms with Gasteiger partial charge in [0.1, 0.15) is 0 Å². The maximum atomic E-state index is 9.87. The molecule has 2 nitrogen and oxygen atoms in total. The fourth-order valence-electron chi connectivity index (χ4n) is 1.87. The minimum Gasteiger partial charge on any atom is -0.390 e. The van der Waals surface area contributed by atoms with Gasteiger partial charge in [-0.15, -0.1) is 0 Å². The first-order valence-electron chi connectivity index (χ1n) is 5.96. The van der Waals surface area contributed by atoms with Crippen LogP contribution in [0.15, 0.2) is 18.2 Å². The SMILES string of the molecule is CCCC(O)C(O)Cc1cc(C)ccc1C. The predicted molar refractivity (Wildman–Crippen MR) is 66.5 cm³/mol. The highest BCUT2D eigenvalue weighted by molar-refractivity contribution is 5.31. The molecule has 2 atom stereocenters. The molecule has 0 aromatic heterocycles. The van der Waals surface area contributed by atoms with Crippen LogP contribution in [0.3, 0.4) is 0 Å². The van der Waals surface area contributed by atoms with Crippen molar-refractivity contribution < 1.29 is 10.2 Å². The predicted octanol–water partition coefficient (Wildman–Crippen LogP) is 2.37. The molecular formula is C14H22O2. The Balaban J connectivity index is 2.68. The number of aliphatic hydroxyl groups excluding tert-OH is 2. The smallest absolute Gasteiger partial charge is 0.0839 e. The van der Waals surface area contributed by atoms with Crippen LogP contribution in [0.25, 0.3) is 0 Å². The van der Waals surface area contributed by atoms with Crippen LogP contribution < -0.4 is 0 Å². The number of aryl methyl sites for hydroxylation is 2. The molecule has 90 valence electrons. The molecule has 0 aliphatic heterocycles. The van der Waals surface area contributed by atoms with E-state index in [0.717, 1.165) is 12.0 Å². The Labute approximate surface area is 97.9 Å². The van der Waals surface area contributed by atoms with Gasteiger partial charge in [-0.1, -0.05) is 37.1 Å². The summed E-state index contributed by atoms with van der Waals surface area (Å²) in [6, 6.07) is 6.20. The molecule has 0 saturated heterocycles. The molecular weight excluding hydrogens is 200 g/mol. The molecule has 0 heterocycles. The van der Waals surface area contributed by atoms with Gasteiger partial charge in [0, 0.05) is 6.42 Å². The number of hydrogen-bond acceptors (Lipinski definition) is 2. The van der Waals surface area contributed by atoms with Gasteiger partial charge in [0.25, 0.3) is 0 Å². The minimum atomic E-state index is -0.652. The summed E-state index contributed by atoms with van der Waals surface area (Å²) < 4.78 is 0. The lowest BCUT2D eigenvalue weighted by Crippen LogP contribution is -2.28. The van der Waals surface area contributed by atoms with Crippen LogP contribution >= 0.6 is 0 Å². The lowest BCUT2D eigenvalue weighted by atomic mass is 9.96. The van der Waals surface area contributed by atoms with Crippen LogP contribution in [0.5, 0.6) is 0 Å². The van der Waals surface area contributed by atoms with Crippen LogP contribution in [0.4, 0.5) is 0 Å². The van der Waals surface area contributed by atoms with E-state index >= 15 is 0 Å². The summed E-state index contributed by atoms with van der Waals surface area (Å²) in [6.45, 7) is 6.08. The number of rotatable bonds is 5. The average Bonchev–Trinajstić information content (AvgIpc) is 2.23. The van der Waals surface area contributed by atoms with Gasteiger partial charge >= 0.3 is 0 Å². The van der Waals surface area contributed by atoms with Crippen molar-refractivity contribution in [2.75, 3.05) is 0 Å². The molecule has 0 radical (unpaired) electrons. The highest BCUT2D eigenvalue weighted by Crippen LogP contribution is 2.15. The van der Waals surface area contributed by atoms with E-state index in [1.807, 2.05) is 20.8 Å². The second kappa shape index (κ2) is 6.02. The summed E-state index contributed by atoms with van der Waals surface area (Å²) in [4.78, 5) is 0. The van der Waals surface area contributed by atoms with Gasteiger partial charge in [0.2, 0.25) is 0 Å². The van der Waals surface area contributed by atoms with Crippen molar-refractivity contribution in [3.8, 4) is 0 Å². The first kappa shape index (κ1) is 13.2. The van der Waals surface area contributed by atoms with Gasteiger partial charge in [-0.3, -0.25) is 0 Å². The number of benzene rings is 1. The third-order valence-corrected chi connectivity index (χ3v) is 2.96. The Morgan fingerprint density at radius 1 is 1.12 bits per heavy atom. The molecule has 0 bridgehead atoms. The molecule has 2 heteroatoms. The maximum absolute atomic E-state index is 9.87. The van der Waals surface area contributed by atoms with Crippen molar-refractivity contribution in [2.24, 2.45) is 0 Å². The van der Waals surface area contributed by atoms with Crippen molar-refractivity contribution in [2.45, 2.75) is 52.2 Å². The van der Waals surface area contributed by atoms with Crippen molar-refractivity contribution in [1.82, 2.24) is 0 Å². The van der Waals surface area contributed by atoms with Gasteiger partial charge in [-0.25, -0.2) is 0 Å². The number of aliphatic hydroxyl groups is 2. The summed E-state index contributed by atoms with van der Waals surface area (Å²) in [5.74, 6) is 0. The van der Waals surface area contributed by atoms with Crippen molar-refractivity contribution in [3.05, 3.63) is 34.9 Å². The van der Waals surface area contributed by atoms with Crippen LogP contribution in [-0.4, -0.2) is 22.4 Å². The summed E-state index contributed by atoms with van der Waals surface area (Å²) in [5.41, 5.74) is 3.49. The van der Waals surface area contributed by atoms with Gasteiger partial charge in [0.05, 0.1) is 12.2 Å². The molecule has 0 spiro atoms. The molecule has 1 aromatic rings. The van der Waals surface area contributed by atoms with Crippen molar-refractivity contribution in [1.29, 1.82) is 0 Å². The zero-order valence-corrected chi connectivity index (χ0v) is 10.4. The Morgan fingerprint density at radius 3 is 2.44 bits per heavy atom. The van der Waals surface area contributed by atoms with Gasteiger partial charge < -0.3 is 10.2 Å². The molecule has 16 heavy (non-hydrogen) atoms. The first-order chi connectivity index (χ1) is 7.54. The van der Waals surface area contributed by atoms with Crippen LogP contribution in [0, 0.1) is 13.8 Å². The Bertz CT molecular complexity index is 334. The quantitative estimate of drug-likeness (QED) is 0.803. The van der Waals surface area contributed by atoms with E-state index in [9.17, 15) is 10.2 Å². The average molecular weight is 222 g/mol. The van der Waals surface area contributed by atoms with Crippen molar-refractivity contribution in [3.63, 3.8) is 0 Å². The second-order valence-corrected chi connectivity index (χ2v) is 4.56. The Hall–Kier alpha value is -0.860. The van der Waals surface area contributed by atoms with Crippen LogP contribution in [-0.2, 0) is 6.42 Å². The van der Waals surface area contributed by atoms with E-state index in [1.54, 1.807) is 0 Å². The molecule has 0 saturated carbocycles. The van der Waals surface area contributed by atoms with E-state index < -0.39 is 12.2 Å². The minimum absolute atomic E-state index is 0.536. The topological polar surface area (TPSA) is 40.5 Å². The standard InChI is InChI=1S/C14H22O2/c1-4-5-13(15)14(16)9-12-8-10(2)6-7-11(12)3/h6-8,13-16H,4-5,9H2,1-3H3. The molecule has 1 aromatic carbocycles. The van der Waals surface area contributed by atoms with Gasteiger partial charge in [-0.2, -0.15) is 0 Å². The zero-order valence-electron chi connectivity index (χ0n) is 10.4. The molecule has 0 aliphatic rings. The van der Waals surface area contributed by atoms with Gasteiger partial charge in [-0.05, 0) is 31.4 Å². The fourth-order valence-corrected chi connectivity index (χ4v) is 1.87. The van der Waals surface area contributed by atoms with Crippen LogP contribution in [0.1, 0.15) is 36.5 Å². The number of hydrogen-bond donors (Lipinski definition) is 2. The summed E-state index contributed by atoms with van der Waals surface area (Å²) >= 11 is 0. The summed E-state index contributed by atoms with van der Waals surface area (Å²) in [6.07, 6.45) is 0.830. The fraction of sp³-hybridized carbons (Fsp3) is 0.571. The van der Waals surface area contributed by atoms with Crippen LogP contribution in [0.2, 0.25) is 0 Å². The largest absolute Gasteiger partial charge is 0.390 e. The highest BCUT2D eigenvalue weighted by Gasteiger charge is 2.16. The summed E-state index contributed by atoms with van der Waals surface area (Å²) in [7, 11) is 0. The Morgan fingerprint density at radius 2 is 1.81 bits per heavy atom. The maximum Gasteiger partial charge on any atom is 0.0839 e. The van der Waals surface area contributed by atoms with E-state index in [4.69, 9.17) is 0 Å².